The van der Waals surface area contributed by atoms with Crippen molar-refractivity contribution in [1.29, 1.82) is 0 Å². The lowest BCUT2D eigenvalue weighted by Crippen LogP contribution is -2.71. The lowest BCUT2D eigenvalue weighted by molar-refractivity contribution is -0.158. The van der Waals surface area contributed by atoms with Gasteiger partial charge in [-0.05, 0) is 34.6 Å². The second kappa shape index (κ2) is 6.17. The molecule has 1 saturated heterocycles. The molecule has 0 aromatic heterocycles. The maximum Gasteiger partial charge on any atom is 0.408 e. The van der Waals surface area contributed by atoms with E-state index < -0.39 is 41.6 Å². The van der Waals surface area contributed by atoms with Gasteiger partial charge in [-0.1, -0.05) is 0 Å². The molecule has 0 bridgehead atoms. The van der Waals surface area contributed by atoms with E-state index >= 15 is 0 Å². The number of alkyl carbamates (subject to hydrolysis) is 1. The Morgan fingerprint density at radius 2 is 1.86 bits per heavy atom. The maximum absolute atomic E-state index is 11.9. The highest BCUT2D eigenvalue weighted by atomic mass is 16.6. The van der Waals surface area contributed by atoms with Crippen molar-refractivity contribution < 1.29 is 29.0 Å². The van der Waals surface area contributed by atoms with Crippen LogP contribution >= 0.6 is 0 Å². The Kier molecular flexibility index (Phi) is 4.95. The number of aliphatic carboxylic acids is 1. The molecule has 3 amide bonds. The quantitative estimate of drug-likeness (QED) is 0.585. The van der Waals surface area contributed by atoms with Crippen LogP contribution in [-0.4, -0.2) is 51.6 Å². The van der Waals surface area contributed by atoms with Gasteiger partial charge in [0.25, 0.3) is 11.8 Å². The minimum Gasteiger partial charge on any atom is -0.478 e. The average molecular weight is 312 g/mol. The van der Waals surface area contributed by atoms with Gasteiger partial charge in [-0.15, -0.1) is 0 Å². The first kappa shape index (κ1) is 17.7. The number of imide groups is 1. The number of rotatable bonds is 3. The number of carbonyl (C=O) groups excluding carboxylic acids is 3. The smallest absolute Gasteiger partial charge is 0.408 e. The molecule has 8 nitrogen and oxygen atoms in total. The van der Waals surface area contributed by atoms with Crippen molar-refractivity contribution in [3.8, 4) is 0 Å². The SMILES string of the molecule is C/C(=C/C(=O)N1C(=O)[C@@H](NC(=O)OC(C)(C)C)[C@@H]1C)C(=O)O. The molecule has 122 valence electrons. The molecule has 2 N–H and O–H groups in total. The van der Waals surface area contributed by atoms with Crippen molar-refractivity contribution in [3.05, 3.63) is 11.6 Å². The zero-order chi connectivity index (χ0) is 17.2. The zero-order valence-corrected chi connectivity index (χ0v) is 13.2. The lowest BCUT2D eigenvalue weighted by atomic mass is 9.96. The molecular formula is C14H20N2O6. The van der Waals surface area contributed by atoms with Crippen LogP contribution in [0.4, 0.5) is 4.79 Å². The van der Waals surface area contributed by atoms with Crippen LogP contribution in [-0.2, 0) is 19.1 Å². The first-order valence-corrected chi connectivity index (χ1v) is 6.72. The van der Waals surface area contributed by atoms with E-state index in [2.05, 4.69) is 5.32 Å². The summed E-state index contributed by atoms with van der Waals surface area (Å²) < 4.78 is 5.04. The van der Waals surface area contributed by atoms with E-state index in [-0.39, 0.29) is 5.57 Å². The van der Waals surface area contributed by atoms with Crippen LogP contribution in [0, 0.1) is 0 Å². The number of amides is 3. The number of likely N-dealkylation sites (tertiary alicyclic amines) is 1. The molecule has 1 aliphatic heterocycles. The highest BCUT2D eigenvalue weighted by Gasteiger charge is 2.48. The second-order valence-corrected chi connectivity index (χ2v) is 6.04. The van der Waals surface area contributed by atoms with Crippen LogP contribution < -0.4 is 5.32 Å². The summed E-state index contributed by atoms with van der Waals surface area (Å²) in [6.07, 6.45) is 0.127. The van der Waals surface area contributed by atoms with Gasteiger partial charge in [-0.2, -0.15) is 0 Å². The molecule has 1 heterocycles. The number of β-lactam (4-membered cyclic amide) rings is 1. The third-order valence-electron chi connectivity index (χ3n) is 2.98. The summed E-state index contributed by atoms with van der Waals surface area (Å²) in [5, 5.41) is 11.1. The van der Waals surface area contributed by atoms with Crippen molar-refractivity contribution in [2.24, 2.45) is 0 Å². The number of carboxylic acids is 1. The molecule has 0 aromatic rings. The van der Waals surface area contributed by atoms with Gasteiger partial charge < -0.3 is 15.2 Å². The Hall–Kier alpha value is -2.38. The fourth-order valence-corrected chi connectivity index (χ4v) is 1.87. The van der Waals surface area contributed by atoms with E-state index in [1.807, 2.05) is 0 Å². The molecule has 2 atom stereocenters. The highest BCUT2D eigenvalue weighted by Crippen LogP contribution is 2.21. The predicted octanol–water partition coefficient (Wildman–Crippen LogP) is 0.668. The number of nitrogens with one attached hydrogen (secondary N) is 1. The van der Waals surface area contributed by atoms with E-state index in [9.17, 15) is 19.2 Å². The minimum absolute atomic E-state index is 0.173. The molecule has 0 spiro atoms. The molecule has 1 fully saturated rings. The van der Waals surface area contributed by atoms with Crippen molar-refractivity contribution in [3.63, 3.8) is 0 Å². The van der Waals surface area contributed by atoms with Gasteiger partial charge in [0, 0.05) is 11.6 Å². The summed E-state index contributed by atoms with van der Waals surface area (Å²) in [5.74, 6) is -2.56. The van der Waals surface area contributed by atoms with Crippen LogP contribution in [0.3, 0.4) is 0 Å². The van der Waals surface area contributed by atoms with Crippen LogP contribution in [0.5, 0.6) is 0 Å². The Balaban J connectivity index is 2.68. The average Bonchev–Trinajstić information content (AvgIpc) is 2.34. The third kappa shape index (κ3) is 4.06. The molecule has 1 rings (SSSR count). The summed E-state index contributed by atoms with van der Waals surface area (Å²) >= 11 is 0. The van der Waals surface area contributed by atoms with Crippen LogP contribution in [0.1, 0.15) is 34.6 Å². The molecule has 0 aliphatic carbocycles. The number of hydrogen-bond acceptors (Lipinski definition) is 5. The summed E-state index contributed by atoms with van der Waals surface area (Å²) in [4.78, 5) is 47.0. The molecular weight excluding hydrogens is 292 g/mol. The van der Waals surface area contributed by atoms with Gasteiger partial charge >= 0.3 is 12.1 Å². The van der Waals surface area contributed by atoms with Crippen molar-refractivity contribution in [2.75, 3.05) is 0 Å². The first-order chi connectivity index (χ1) is 9.94. The third-order valence-corrected chi connectivity index (χ3v) is 2.98. The number of hydrogen-bond donors (Lipinski definition) is 2. The van der Waals surface area contributed by atoms with Gasteiger partial charge in [0.15, 0.2) is 0 Å². The van der Waals surface area contributed by atoms with Crippen LogP contribution in [0.2, 0.25) is 0 Å². The monoisotopic (exact) mass is 312 g/mol. The van der Waals surface area contributed by atoms with E-state index in [0.29, 0.717) is 0 Å². The molecule has 0 unspecified atom stereocenters. The van der Waals surface area contributed by atoms with E-state index in [1.165, 1.54) is 6.92 Å². The Morgan fingerprint density at radius 1 is 1.32 bits per heavy atom. The number of carbonyl (C=O) groups is 4. The van der Waals surface area contributed by atoms with E-state index in [1.54, 1.807) is 27.7 Å². The summed E-state index contributed by atoms with van der Waals surface area (Å²) in [6.45, 7) is 7.90. The standard InChI is InChI=1S/C14H20N2O6/c1-7(12(19)20)6-9(17)16-8(2)10(11(16)18)15-13(21)22-14(3,4)5/h6,8,10H,1-5H3,(H,15,21)(H,19,20)/b7-6-/t8-,10-/m0/s1. The van der Waals surface area contributed by atoms with Crippen molar-refractivity contribution in [1.82, 2.24) is 10.2 Å². The summed E-state index contributed by atoms with van der Waals surface area (Å²) in [7, 11) is 0. The molecule has 0 saturated carbocycles. The van der Waals surface area contributed by atoms with Gasteiger partial charge in [-0.3, -0.25) is 14.5 Å². The minimum atomic E-state index is -1.24. The van der Waals surface area contributed by atoms with Crippen LogP contribution in [0.25, 0.3) is 0 Å². The summed E-state index contributed by atoms with van der Waals surface area (Å²) in [5.41, 5.74) is -0.870. The largest absolute Gasteiger partial charge is 0.478 e. The Morgan fingerprint density at radius 3 is 2.27 bits per heavy atom. The molecule has 22 heavy (non-hydrogen) atoms. The van der Waals surface area contributed by atoms with Gasteiger partial charge in [0.2, 0.25) is 0 Å². The van der Waals surface area contributed by atoms with Crippen molar-refractivity contribution >= 4 is 23.9 Å². The number of nitrogens with zero attached hydrogens (tertiary/aromatic N) is 1. The Labute approximate surface area is 128 Å². The Bertz CT molecular complexity index is 546. The number of carboxylic acid groups (broad SMARTS) is 1. The maximum atomic E-state index is 11.9. The fourth-order valence-electron chi connectivity index (χ4n) is 1.87. The molecule has 8 heteroatoms. The summed E-state index contributed by atoms with van der Waals surface area (Å²) in [6, 6.07) is -1.44. The van der Waals surface area contributed by atoms with Crippen LogP contribution in [0.15, 0.2) is 11.6 Å². The van der Waals surface area contributed by atoms with Gasteiger partial charge in [-0.25, -0.2) is 9.59 Å². The van der Waals surface area contributed by atoms with Gasteiger partial charge in [0.1, 0.15) is 11.6 Å². The lowest BCUT2D eigenvalue weighted by Gasteiger charge is -2.43. The first-order valence-electron chi connectivity index (χ1n) is 6.72. The zero-order valence-electron chi connectivity index (χ0n) is 13.2. The van der Waals surface area contributed by atoms with E-state index in [4.69, 9.17) is 9.84 Å². The topological polar surface area (TPSA) is 113 Å². The second-order valence-electron chi connectivity index (χ2n) is 6.04. The molecule has 0 aromatic carbocycles. The number of ether oxygens (including phenoxy) is 1. The van der Waals surface area contributed by atoms with Crippen molar-refractivity contribution in [2.45, 2.75) is 52.3 Å². The predicted molar refractivity (Wildman–Crippen MR) is 75.9 cm³/mol. The van der Waals surface area contributed by atoms with Gasteiger partial charge in [0.05, 0.1) is 6.04 Å². The highest BCUT2D eigenvalue weighted by molar-refractivity contribution is 6.10. The normalized spacial score (nSPS) is 22.0. The fraction of sp³-hybridized carbons (Fsp3) is 0.571. The van der Waals surface area contributed by atoms with E-state index in [0.717, 1.165) is 11.0 Å². The molecule has 1 aliphatic rings. The molecule has 0 radical (unpaired) electrons.